The van der Waals surface area contributed by atoms with E-state index < -0.39 is 0 Å². The van der Waals surface area contributed by atoms with Crippen LogP contribution >= 0.6 is 24.2 Å². The molecule has 2 nitrogen and oxygen atoms in total. The van der Waals surface area contributed by atoms with Crippen molar-refractivity contribution in [3.63, 3.8) is 0 Å². The van der Waals surface area contributed by atoms with Gasteiger partial charge in [0.15, 0.2) is 0 Å². The van der Waals surface area contributed by atoms with Crippen LogP contribution in [0.4, 0.5) is 0 Å². The number of para-hydroxylation sites is 1. The van der Waals surface area contributed by atoms with Crippen molar-refractivity contribution in [3.8, 4) is 5.75 Å². The highest BCUT2D eigenvalue weighted by Crippen LogP contribution is 2.32. The molecule has 21 heavy (non-hydrogen) atoms. The first-order valence-electron chi connectivity index (χ1n) is 6.84. The molecule has 0 amide bonds. The van der Waals surface area contributed by atoms with Crippen molar-refractivity contribution in [2.45, 2.75) is 17.4 Å². The van der Waals surface area contributed by atoms with Crippen LogP contribution in [0.1, 0.15) is 18.1 Å². The summed E-state index contributed by atoms with van der Waals surface area (Å²) in [5, 5.41) is 3.20. The van der Waals surface area contributed by atoms with Crippen molar-refractivity contribution in [2.24, 2.45) is 0 Å². The first-order chi connectivity index (χ1) is 9.85. The number of hydrogen-bond acceptors (Lipinski definition) is 3. The Balaban J connectivity index is 0.00000220. The van der Waals surface area contributed by atoms with Gasteiger partial charge in [0, 0.05) is 11.3 Å². The van der Waals surface area contributed by atoms with Gasteiger partial charge in [-0.1, -0.05) is 42.5 Å². The van der Waals surface area contributed by atoms with Gasteiger partial charge >= 0.3 is 0 Å². The van der Waals surface area contributed by atoms with Crippen LogP contribution < -0.4 is 10.1 Å². The van der Waals surface area contributed by atoms with E-state index in [0.717, 1.165) is 18.7 Å². The summed E-state index contributed by atoms with van der Waals surface area (Å²) in [5.74, 6) is 0.963. The molecule has 2 rings (SSSR count). The monoisotopic (exact) mass is 323 g/mol. The quantitative estimate of drug-likeness (QED) is 0.755. The fraction of sp³-hybridized carbons (Fsp3) is 0.294. The SMILES string of the molecule is CNCCC(Oc1ccccc1SC)c1ccccc1.Cl. The minimum Gasteiger partial charge on any atom is -0.485 e. The van der Waals surface area contributed by atoms with Crippen LogP contribution in [0.15, 0.2) is 59.5 Å². The number of ether oxygens (including phenoxy) is 1. The van der Waals surface area contributed by atoms with Crippen LogP contribution in [0.2, 0.25) is 0 Å². The molecule has 1 atom stereocenters. The Labute approximate surface area is 137 Å². The minimum atomic E-state index is 0. The lowest BCUT2D eigenvalue weighted by atomic mass is 10.1. The maximum Gasteiger partial charge on any atom is 0.133 e. The second kappa shape index (κ2) is 9.72. The lowest BCUT2D eigenvalue weighted by Crippen LogP contribution is -2.16. The zero-order valence-electron chi connectivity index (χ0n) is 12.4. The van der Waals surface area contributed by atoms with Crippen molar-refractivity contribution in [3.05, 3.63) is 60.2 Å². The van der Waals surface area contributed by atoms with E-state index in [1.165, 1.54) is 10.5 Å². The molecule has 0 fully saturated rings. The van der Waals surface area contributed by atoms with Gasteiger partial charge in [-0.25, -0.2) is 0 Å². The molecule has 0 radical (unpaired) electrons. The molecule has 1 unspecified atom stereocenters. The number of rotatable bonds is 7. The second-order valence-corrected chi connectivity index (χ2v) is 5.41. The normalized spacial score (nSPS) is 11.5. The molecule has 2 aromatic carbocycles. The van der Waals surface area contributed by atoms with Crippen LogP contribution in [-0.4, -0.2) is 19.8 Å². The lowest BCUT2D eigenvalue weighted by molar-refractivity contribution is 0.190. The smallest absolute Gasteiger partial charge is 0.133 e. The summed E-state index contributed by atoms with van der Waals surface area (Å²) in [4.78, 5) is 1.18. The van der Waals surface area contributed by atoms with Gasteiger partial charge in [-0.3, -0.25) is 0 Å². The van der Waals surface area contributed by atoms with Gasteiger partial charge in [-0.15, -0.1) is 24.2 Å². The number of halogens is 1. The highest BCUT2D eigenvalue weighted by molar-refractivity contribution is 7.98. The zero-order chi connectivity index (χ0) is 14.2. The molecule has 0 bridgehead atoms. The second-order valence-electron chi connectivity index (χ2n) is 4.56. The Morgan fingerprint density at radius 1 is 1.05 bits per heavy atom. The van der Waals surface area contributed by atoms with E-state index in [9.17, 15) is 0 Å². The number of benzene rings is 2. The fourth-order valence-corrected chi connectivity index (χ4v) is 2.64. The van der Waals surface area contributed by atoms with Crippen molar-refractivity contribution < 1.29 is 4.74 Å². The van der Waals surface area contributed by atoms with E-state index in [0.29, 0.717) is 0 Å². The van der Waals surface area contributed by atoms with Crippen molar-refractivity contribution in [1.82, 2.24) is 5.32 Å². The van der Waals surface area contributed by atoms with Crippen LogP contribution in [0.5, 0.6) is 5.75 Å². The van der Waals surface area contributed by atoms with Gasteiger partial charge in [0.05, 0.1) is 0 Å². The molecule has 0 saturated heterocycles. The zero-order valence-corrected chi connectivity index (χ0v) is 14.0. The Hall–Kier alpha value is -1.16. The van der Waals surface area contributed by atoms with Gasteiger partial charge in [0.1, 0.15) is 11.9 Å². The van der Waals surface area contributed by atoms with Gasteiger partial charge in [-0.05, 0) is 37.5 Å². The first-order valence-corrected chi connectivity index (χ1v) is 8.07. The van der Waals surface area contributed by atoms with Crippen LogP contribution in [0.25, 0.3) is 0 Å². The molecule has 114 valence electrons. The van der Waals surface area contributed by atoms with Crippen molar-refractivity contribution >= 4 is 24.2 Å². The summed E-state index contributed by atoms with van der Waals surface area (Å²) in [5.41, 5.74) is 1.22. The van der Waals surface area contributed by atoms with Gasteiger partial charge in [-0.2, -0.15) is 0 Å². The summed E-state index contributed by atoms with van der Waals surface area (Å²) < 4.78 is 6.26. The number of thioether (sulfide) groups is 1. The maximum atomic E-state index is 6.26. The Kier molecular flexibility index (Phi) is 8.28. The average Bonchev–Trinajstić information content (AvgIpc) is 2.52. The van der Waals surface area contributed by atoms with E-state index >= 15 is 0 Å². The molecule has 0 aliphatic heterocycles. The summed E-state index contributed by atoms with van der Waals surface area (Å²) >= 11 is 1.72. The van der Waals surface area contributed by atoms with Crippen molar-refractivity contribution in [2.75, 3.05) is 19.8 Å². The van der Waals surface area contributed by atoms with Gasteiger partial charge in [0.25, 0.3) is 0 Å². The summed E-state index contributed by atoms with van der Waals surface area (Å²) in [7, 11) is 1.97. The molecule has 2 aromatic rings. The third-order valence-corrected chi connectivity index (χ3v) is 3.94. The lowest BCUT2D eigenvalue weighted by Gasteiger charge is -2.21. The van der Waals surface area contributed by atoms with E-state index in [1.807, 2.05) is 31.3 Å². The minimum absolute atomic E-state index is 0. The Bertz CT molecular complexity index is 521. The van der Waals surface area contributed by atoms with E-state index in [-0.39, 0.29) is 18.5 Å². The molecule has 0 aliphatic rings. The van der Waals surface area contributed by atoms with E-state index in [4.69, 9.17) is 4.74 Å². The standard InChI is InChI=1S/C17H21NOS.ClH/c1-18-13-12-15(14-8-4-3-5-9-14)19-16-10-6-7-11-17(16)20-2;/h3-11,15,18H,12-13H2,1-2H3;1H. The van der Waals surface area contributed by atoms with Gasteiger partial charge in [0.2, 0.25) is 0 Å². The van der Waals surface area contributed by atoms with E-state index in [2.05, 4.69) is 41.9 Å². The molecular weight excluding hydrogens is 302 g/mol. The van der Waals surface area contributed by atoms with Crippen LogP contribution in [0, 0.1) is 0 Å². The highest BCUT2D eigenvalue weighted by Gasteiger charge is 2.14. The predicted molar refractivity (Wildman–Crippen MR) is 93.8 cm³/mol. The molecule has 1 N–H and O–H groups in total. The molecule has 0 aromatic heterocycles. The Morgan fingerprint density at radius 3 is 2.38 bits per heavy atom. The molecular formula is C17H22ClNOS. The summed E-state index contributed by atoms with van der Waals surface area (Å²) in [6, 6.07) is 18.6. The van der Waals surface area contributed by atoms with Crippen LogP contribution in [-0.2, 0) is 0 Å². The molecule has 0 spiro atoms. The maximum absolute atomic E-state index is 6.26. The highest BCUT2D eigenvalue weighted by atomic mass is 35.5. The van der Waals surface area contributed by atoms with Crippen molar-refractivity contribution in [1.29, 1.82) is 0 Å². The summed E-state index contributed by atoms with van der Waals surface area (Å²) in [6.07, 6.45) is 3.10. The third-order valence-electron chi connectivity index (χ3n) is 3.17. The third kappa shape index (κ3) is 5.27. The van der Waals surface area contributed by atoms with Gasteiger partial charge < -0.3 is 10.1 Å². The number of nitrogens with one attached hydrogen (secondary N) is 1. The molecule has 0 heterocycles. The molecule has 0 saturated carbocycles. The largest absolute Gasteiger partial charge is 0.485 e. The van der Waals surface area contributed by atoms with E-state index in [1.54, 1.807) is 11.8 Å². The predicted octanol–water partition coefficient (Wildman–Crippen LogP) is 4.56. The van der Waals surface area contributed by atoms with Crippen LogP contribution in [0.3, 0.4) is 0 Å². The molecule has 4 heteroatoms. The Morgan fingerprint density at radius 2 is 1.71 bits per heavy atom. The molecule has 0 aliphatic carbocycles. The average molecular weight is 324 g/mol. The topological polar surface area (TPSA) is 21.3 Å². The number of hydrogen-bond donors (Lipinski definition) is 1. The fourth-order valence-electron chi connectivity index (χ4n) is 2.11. The summed E-state index contributed by atoms with van der Waals surface area (Å²) in [6.45, 7) is 0.932. The first kappa shape index (κ1) is 17.9.